The van der Waals surface area contributed by atoms with Crippen molar-refractivity contribution in [3.05, 3.63) is 66.0 Å². The molecule has 2 atom stereocenters. The third-order valence-electron chi connectivity index (χ3n) is 5.38. The van der Waals surface area contributed by atoms with Crippen LogP contribution < -0.4 is 10.9 Å². The van der Waals surface area contributed by atoms with E-state index in [0.29, 0.717) is 13.1 Å². The van der Waals surface area contributed by atoms with Gasteiger partial charge in [-0.1, -0.05) is 36.4 Å². The molecule has 1 amide bonds. The number of carbonyl (C=O) groups is 1. The van der Waals surface area contributed by atoms with Crippen LogP contribution in [0.2, 0.25) is 0 Å². The quantitative estimate of drug-likeness (QED) is 0.759. The number of carbonyl (C=O) groups excluding carboxylic acids is 1. The standard InChI is InChI=1S/C20H21N5O/c26-20(24-10-14-5-1-2-6-15(14)11-24)18-9-16(22-23-18)12-25-13-21-17-7-3-4-8-19(17)25/h1-8,13,16,18,22-23H,9-12H2. The number of amides is 1. The Bertz CT molecular complexity index is 940. The average Bonchev–Trinajstić information content (AvgIpc) is 3.40. The summed E-state index contributed by atoms with van der Waals surface area (Å²) in [5, 5.41) is 0. The second-order valence-electron chi connectivity index (χ2n) is 7.12. The van der Waals surface area contributed by atoms with Crippen molar-refractivity contribution in [3.8, 4) is 0 Å². The lowest BCUT2D eigenvalue weighted by molar-refractivity contribution is -0.133. The van der Waals surface area contributed by atoms with Gasteiger partial charge in [0.15, 0.2) is 0 Å². The number of imidazole rings is 1. The number of para-hydroxylation sites is 2. The van der Waals surface area contributed by atoms with Gasteiger partial charge in [-0.05, 0) is 29.7 Å². The first-order valence-corrected chi connectivity index (χ1v) is 9.04. The lowest BCUT2D eigenvalue weighted by Gasteiger charge is -2.19. The molecule has 5 rings (SSSR count). The van der Waals surface area contributed by atoms with E-state index in [4.69, 9.17) is 0 Å². The monoisotopic (exact) mass is 347 g/mol. The molecule has 132 valence electrons. The molecule has 2 aliphatic heterocycles. The Kier molecular flexibility index (Phi) is 3.72. The van der Waals surface area contributed by atoms with Crippen LogP contribution in [0.25, 0.3) is 11.0 Å². The van der Waals surface area contributed by atoms with Gasteiger partial charge in [-0.25, -0.2) is 10.4 Å². The SMILES string of the molecule is O=C(C1CC(Cn2cnc3ccccc32)NN1)N1Cc2ccccc2C1. The molecule has 2 unspecified atom stereocenters. The third kappa shape index (κ3) is 2.67. The largest absolute Gasteiger partial charge is 0.333 e. The molecule has 1 saturated heterocycles. The smallest absolute Gasteiger partial charge is 0.241 e. The fourth-order valence-corrected chi connectivity index (χ4v) is 4.01. The molecular weight excluding hydrogens is 326 g/mol. The maximum absolute atomic E-state index is 12.9. The highest BCUT2D eigenvalue weighted by molar-refractivity contribution is 5.83. The van der Waals surface area contributed by atoms with E-state index in [1.807, 2.05) is 41.6 Å². The van der Waals surface area contributed by atoms with E-state index < -0.39 is 0 Å². The Morgan fingerprint density at radius 3 is 2.58 bits per heavy atom. The summed E-state index contributed by atoms with van der Waals surface area (Å²) in [6.07, 6.45) is 2.65. The number of fused-ring (bicyclic) bond motifs is 2. The maximum Gasteiger partial charge on any atom is 0.241 e. The Morgan fingerprint density at radius 1 is 1.04 bits per heavy atom. The second kappa shape index (κ2) is 6.23. The maximum atomic E-state index is 12.9. The molecule has 0 bridgehead atoms. The zero-order valence-corrected chi connectivity index (χ0v) is 14.4. The van der Waals surface area contributed by atoms with E-state index in [-0.39, 0.29) is 18.0 Å². The van der Waals surface area contributed by atoms with Crippen LogP contribution in [0.5, 0.6) is 0 Å². The molecule has 1 fully saturated rings. The van der Waals surface area contributed by atoms with Crippen molar-refractivity contribution in [2.45, 2.75) is 38.1 Å². The summed E-state index contributed by atoms with van der Waals surface area (Å²) in [4.78, 5) is 19.3. The van der Waals surface area contributed by atoms with Crippen molar-refractivity contribution < 1.29 is 4.79 Å². The summed E-state index contributed by atoms with van der Waals surface area (Å²) in [5.74, 6) is 0.173. The number of hydrogen-bond acceptors (Lipinski definition) is 4. The molecule has 26 heavy (non-hydrogen) atoms. The summed E-state index contributed by atoms with van der Waals surface area (Å²) in [6, 6.07) is 16.4. The molecule has 2 N–H and O–H groups in total. The van der Waals surface area contributed by atoms with Crippen LogP contribution in [-0.4, -0.2) is 32.4 Å². The van der Waals surface area contributed by atoms with Gasteiger partial charge < -0.3 is 9.47 Å². The van der Waals surface area contributed by atoms with Crippen molar-refractivity contribution in [1.29, 1.82) is 0 Å². The first-order chi connectivity index (χ1) is 12.8. The van der Waals surface area contributed by atoms with Crippen LogP contribution >= 0.6 is 0 Å². The van der Waals surface area contributed by atoms with Gasteiger partial charge in [-0.15, -0.1) is 0 Å². The van der Waals surface area contributed by atoms with Crippen LogP contribution in [-0.2, 0) is 24.4 Å². The molecule has 3 heterocycles. The van der Waals surface area contributed by atoms with Gasteiger partial charge in [0.2, 0.25) is 5.91 Å². The molecule has 3 aromatic rings. The predicted octanol–water partition coefficient (Wildman–Crippen LogP) is 1.81. The fraction of sp³-hybridized carbons (Fsp3) is 0.300. The molecule has 6 heteroatoms. The van der Waals surface area contributed by atoms with E-state index in [1.54, 1.807) is 0 Å². The third-order valence-corrected chi connectivity index (χ3v) is 5.38. The molecule has 6 nitrogen and oxygen atoms in total. The van der Waals surface area contributed by atoms with Crippen LogP contribution in [0, 0.1) is 0 Å². The van der Waals surface area contributed by atoms with Gasteiger partial charge in [0.1, 0.15) is 6.04 Å². The molecule has 2 aromatic carbocycles. The minimum Gasteiger partial charge on any atom is -0.333 e. The number of rotatable bonds is 3. The average molecular weight is 347 g/mol. The van der Waals surface area contributed by atoms with Crippen molar-refractivity contribution in [3.63, 3.8) is 0 Å². The Labute approximate surface area is 151 Å². The number of nitrogens with one attached hydrogen (secondary N) is 2. The molecular formula is C20H21N5O. The molecule has 0 saturated carbocycles. The summed E-state index contributed by atoms with van der Waals surface area (Å²) >= 11 is 0. The zero-order chi connectivity index (χ0) is 17.5. The van der Waals surface area contributed by atoms with E-state index in [9.17, 15) is 4.79 Å². The second-order valence-corrected chi connectivity index (χ2v) is 7.12. The molecule has 0 aliphatic carbocycles. The first kappa shape index (κ1) is 15.5. The molecule has 0 radical (unpaired) electrons. The van der Waals surface area contributed by atoms with Crippen molar-refractivity contribution in [2.24, 2.45) is 0 Å². The van der Waals surface area contributed by atoms with Crippen molar-refractivity contribution in [1.82, 2.24) is 25.3 Å². The van der Waals surface area contributed by atoms with Gasteiger partial charge >= 0.3 is 0 Å². The van der Waals surface area contributed by atoms with E-state index >= 15 is 0 Å². The Hall–Kier alpha value is -2.70. The summed E-state index contributed by atoms with van der Waals surface area (Å²) < 4.78 is 2.15. The minimum absolute atomic E-state index is 0.173. The lowest BCUT2D eigenvalue weighted by atomic mass is 10.1. The Balaban J connectivity index is 1.24. The van der Waals surface area contributed by atoms with Gasteiger partial charge in [-0.3, -0.25) is 10.2 Å². The van der Waals surface area contributed by atoms with Crippen LogP contribution in [0.4, 0.5) is 0 Å². The number of hydrazine groups is 1. The number of aromatic nitrogens is 2. The molecule has 0 spiro atoms. The van der Waals surface area contributed by atoms with Gasteiger partial charge in [-0.2, -0.15) is 0 Å². The summed E-state index contributed by atoms with van der Waals surface area (Å²) in [7, 11) is 0. The normalized spacial score (nSPS) is 22.1. The number of nitrogens with zero attached hydrogens (tertiary/aromatic N) is 3. The zero-order valence-electron chi connectivity index (χ0n) is 14.4. The number of hydrogen-bond donors (Lipinski definition) is 2. The lowest BCUT2D eigenvalue weighted by Crippen LogP contribution is -2.43. The van der Waals surface area contributed by atoms with E-state index in [2.05, 4.69) is 38.6 Å². The van der Waals surface area contributed by atoms with Crippen molar-refractivity contribution in [2.75, 3.05) is 0 Å². The minimum atomic E-state index is -0.177. The fourth-order valence-electron chi connectivity index (χ4n) is 4.01. The molecule has 1 aromatic heterocycles. The summed E-state index contributed by atoms with van der Waals surface area (Å²) in [5.41, 5.74) is 11.1. The number of benzene rings is 2. The highest BCUT2D eigenvalue weighted by atomic mass is 16.2. The van der Waals surface area contributed by atoms with Crippen LogP contribution in [0.1, 0.15) is 17.5 Å². The Morgan fingerprint density at radius 2 is 1.77 bits per heavy atom. The van der Waals surface area contributed by atoms with Gasteiger partial charge in [0, 0.05) is 25.7 Å². The van der Waals surface area contributed by atoms with Crippen molar-refractivity contribution >= 4 is 16.9 Å². The highest BCUT2D eigenvalue weighted by Crippen LogP contribution is 2.24. The van der Waals surface area contributed by atoms with E-state index in [0.717, 1.165) is 24.0 Å². The topological polar surface area (TPSA) is 62.2 Å². The predicted molar refractivity (Wildman–Crippen MR) is 98.9 cm³/mol. The van der Waals surface area contributed by atoms with Crippen LogP contribution in [0.3, 0.4) is 0 Å². The molecule has 2 aliphatic rings. The van der Waals surface area contributed by atoms with Crippen LogP contribution in [0.15, 0.2) is 54.9 Å². The first-order valence-electron chi connectivity index (χ1n) is 9.04. The van der Waals surface area contributed by atoms with Gasteiger partial charge in [0.25, 0.3) is 0 Å². The van der Waals surface area contributed by atoms with Gasteiger partial charge in [0.05, 0.1) is 17.4 Å². The summed E-state index contributed by atoms with van der Waals surface area (Å²) in [6.45, 7) is 2.21. The highest BCUT2D eigenvalue weighted by Gasteiger charge is 2.34. The van der Waals surface area contributed by atoms with E-state index in [1.165, 1.54) is 11.1 Å².